The summed E-state index contributed by atoms with van der Waals surface area (Å²) in [5.41, 5.74) is 0.500. The van der Waals surface area contributed by atoms with Gasteiger partial charge >= 0.3 is 33.4 Å². The molecule has 5 rings (SSSR count). The number of benzene rings is 4. The summed E-state index contributed by atoms with van der Waals surface area (Å²) < 4.78 is 163. The van der Waals surface area contributed by atoms with Crippen molar-refractivity contribution in [3.8, 4) is 0 Å². The van der Waals surface area contributed by atoms with Gasteiger partial charge < -0.3 is 4.42 Å². The Bertz CT molecular complexity index is 2010. The molecule has 0 spiro atoms. The quantitative estimate of drug-likeness (QED) is 0.0919. The highest BCUT2D eigenvalue weighted by molar-refractivity contribution is 8.33. The van der Waals surface area contributed by atoms with E-state index in [2.05, 4.69) is 0 Å². The second-order valence-electron chi connectivity index (χ2n) is 9.45. The van der Waals surface area contributed by atoms with E-state index in [9.17, 15) is 39.2 Å². The highest BCUT2D eigenvalue weighted by atomic mass is 32.3. The Labute approximate surface area is 255 Å². The van der Waals surface area contributed by atoms with Crippen molar-refractivity contribution in [3.05, 3.63) is 108 Å². The van der Waals surface area contributed by atoms with Gasteiger partial charge in [0.15, 0.2) is 0 Å². The highest BCUT2D eigenvalue weighted by Crippen LogP contribution is 2.71. The molecule has 16 heteroatoms. The average molecular weight is 697 g/mol. The van der Waals surface area contributed by atoms with E-state index in [1.807, 2.05) is 0 Å². The summed E-state index contributed by atoms with van der Waals surface area (Å²) >= 11 is 5.59. The van der Waals surface area contributed by atoms with Crippen molar-refractivity contribution in [3.63, 3.8) is 0 Å². The number of para-hydroxylation sites is 1. The Morgan fingerprint density at radius 3 is 1.60 bits per heavy atom. The van der Waals surface area contributed by atoms with Crippen LogP contribution in [0, 0.1) is 4.51 Å². The van der Waals surface area contributed by atoms with Gasteiger partial charge in [-0.1, -0.05) is 60.7 Å². The fourth-order valence-electron chi connectivity index (χ4n) is 4.41. The molecule has 0 bridgehead atoms. The molecule has 0 saturated heterocycles. The monoisotopic (exact) mass is 696 g/mol. The topological polar surface area (TPSA) is 56.5 Å². The van der Waals surface area contributed by atoms with Gasteiger partial charge in [-0.05, 0) is 64.9 Å². The maximum atomic E-state index is 15.1. The molecule has 0 amide bonds. The van der Waals surface area contributed by atoms with E-state index in [4.69, 9.17) is 20.3 Å². The first kappa shape index (κ1) is 32.8. The summed E-state index contributed by atoms with van der Waals surface area (Å²) in [6.45, 7) is 0. The average Bonchev–Trinajstić information content (AvgIpc) is 3.00. The SMILES string of the molecule is O=S(=O)(OS(c1ccccc1)(c1ccccc1)c1ccc2oc3ccccc3c(=S)c2c1)C(F)(F)C(F)(F)C(F)(F)C(F)(F)F. The third-order valence-electron chi connectivity index (χ3n) is 6.65. The molecule has 0 unspecified atom stereocenters. The van der Waals surface area contributed by atoms with E-state index in [0.29, 0.717) is 11.0 Å². The Hall–Kier alpha value is -3.60. The zero-order valence-electron chi connectivity index (χ0n) is 22.1. The van der Waals surface area contributed by atoms with Crippen molar-refractivity contribution in [1.82, 2.24) is 0 Å². The maximum Gasteiger partial charge on any atom is 0.460 e. The highest BCUT2D eigenvalue weighted by Gasteiger charge is 2.86. The number of alkyl halides is 9. The number of fused-ring (bicyclic) bond motifs is 2. The fraction of sp³-hybridized carbons (Fsp3) is 0.138. The van der Waals surface area contributed by atoms with E-state index < -0.39 is 43.7 Å². The van der Waals surface area contributed by atoms with Crippen molar-refractivity contribution < 1.29 is 56.0 Å². The van der Waals surface area contributed by atoms with Crippen molar-refractivity contribution in [1.29, 1.82) is 0 Å². The smallest absolute Gasteiger partial charge is 0.456 e. The summed E-state index contributed by atoms with van der Waals surface area (Å²) in [6.07, 6.45) is -7.25. The van der Waals surface area contributed by atoms with Gasteiger partial charge in [0.25, 0.3) is 0 Å². The second-order valence-corrected chi connectivity index (χ2v) is 14.4. The predicted molar refractivity (Wildman–Crippen MR) is 151 cm³/mol. The van der Waals surface area contributed by atoms with Crippen LogP contribution in [0.4, 0.5) is 39.5 Å². The molecule has 5 aromatic rings. The Morgan fingerprint density at radius 1 is 0.578 bits per heavy atom. The first-order valence-corrected chi connectivity index (χ1v) is 15.8. The predicted octanol–water partition coefficient (Wildman–Crippen LogP) is 10.3. The number of rotatable bonds is 8. The maximum absolute atomic E-state index is 15.1. The summed E-state index contributed by atoms with van der Waals surface area (Å²) in [5, 5.41) is -6.54. The van der Waals surface area contributed by atoms with E-state index >= 15 is 8.78 Å². The molecular formula is C29H17F9O4S3. The normalized spacial score (nSPS) is 14.2. The van der Waals surface area contributed by atoms with E-state index in [1.54, 1.807) is 24.3 Å². The minimum absolute atomic E-state index is 0.131. The van der Waals surface area contributed by atoms with Crippen LogP contribution in [-0.2, 0) is 13.7 Å². The van der Waals surface area contributed by atoms with Crippen LogP contribution < -0.4 is 0 Å². The Balaban J connectivity index is 1.84. The second kappa shape index (κ2) is 11.0. The van der Waals surface area contributed by atoms with Crippen LogP contribution in [0.25, 0.3) is 21.9 Å². The molecule has 45 heavy (non-hydrogen) atoms. The van der Waals surface area contributed by atoms with Gasteiger partial charge in [0, 0.05) is 25.5 Å². The lowest BCUT2D eigenvalue weighted by Crippen LogP contribution is -2.63. The minimum atomic E-state index is -7.50. The molecule has 0 saturated carbocycles. The van der Waals surface area contributed by atoms with Crippen LogP contribution in [0.2, 0.25) is 0 Å². The molecule has 0 aliphatic carbocycles. The lowest BCUT2D eigenvalue weighted by molar-refractivity contribution is -0.382. The molecule has 0 radical (unpaired) electrons. The summed E-state index contributed by atoms with van der Waals surface area (Å²) in [6, 6.07) is 23.1. The molecule has 4 aromatic carbocycles. The first-order chi connectivity index (χ1) is 20.9. The van der Waals surface area contributed by atoms with Crippen LogP contribution >= 0.6 is 22.5 Å². The molecule has 0 aliphatic heterocycles. The van der Waals surface area contributed by atoms with Gasteiger partial charge in [-0.3, -0.25) is 0 Å². The molecule has 1 aromatic heterocycles. The molecule has 1 heterocycles. The number of hydrogen-bond acceptors (Lipinski definition) is 5. The third kappa shape index (κ3) is 5.07. The molecule has 0 N–H and O–H groups in total. The van der Waals surface area contributed by atoms with Crippen LogP contribution in [0.15, 0.2) is 122 Å². The molecule has 0 fully saturated rings. The lowest BCUT2D eigenvalue weighted by Gasteiger charge is -2.41. The number of hydrogen-bond donors (Lipinski definition) is 0. The molecule has 4 nitrogen and oxygen atoms in total. The van der Waals surface area contributed by atoms with Gasteiger partial charge in [-0.2, -0.15) is 47.9 Å². The minimum Gasteiger partial charge on any atom is -0.456 e. The summed E-state index contributed by atoms with van der Waals surface area (Å²) in [4.78, 5) is -0.705. The van der Waals surface area contributed by atoms with Crippen LogP contribution in [0.3, 0.4) is 0 Å². The van der Waals surface area contributed by atoms with E-state index in [0.717, 1.165) is 0 Å². The molecule has 238 valence electrons. The van der Waals surface area contributed by atoms with Crippen molar-refractivity contribution >= 4 is 54.6 Å². The van der Waals surface area contributed by atoms with E-state index in [-0.39, 0.29) is 30.2 Å². The largest absolute Gasteiger partial charge is 0.460 e. The number of halogens is 9. The Kier molecular flexibility index (Phi) is 8.04. The van der Waals surface area contributed by atoms with Gasteiger partial charge in [-0.15, -0.1) is 0 Å². The van der Waals surface area contributed by atoms with Gasteiger partial charge in [-0.25, -0.2) is 3.63 Å². The van der Waals surface area contributed by atoms with Gasteiger partial charge in [0.05, 0.1) is 4.51 Å². The van der Waals surface area contributed by atoms with Crippen molar-refractivity contribution in [2.24, 2.45) is 0 Å². The summed E-state index contributed by atoms with van der Waals surface area (Å²) in [7, 11) is -11.5. The third-order valence-corrected chi connectivity index (χ3v) is 12.3. The van der Waals surface area contributed by atoms with E-state index in [1.165, 1.54) is 78.9 Å². The molecule has 0 atom stereocenters. The molecular weight excluding hydrogens is 679 g/mol. The lowest BCUT2D eigenvalue weighted by atomic mass is 10.1. The van der Waals surface area contributed by atoms with Crippen molar-refractivity contribution in [2.75, 3.05) is 0 Å². The van der Waals surface area contributed by atoms with Crippen LogP contribution in [-0.4, -0.2) is 31.7 Å². The van der Waals surface area contributed by atoms with Crippen molar-refractivity contribution in [2.45, 2.75) is 38.0 Å². The molecule has 0 aliphatic rings. The Morgan fingerprint density at radius 2 is 1.07 bits per heavy atom. The van der Waals surface area contributed by atoms with Crippen LogP contribution in [0.1, 0.15) is 0 Å². The zero-order valence-corrected chi connectivity index (χ0v) is 24.5. The standard InChI is InChI=1S/C29H17F9O4S3/c30-26(31,28(34,35)36)27(32,33)29(37,38)45(39,40)42-44(18-9-3-1-4-10-18,19-11-5-2-6-12-19)20-15-16-24-22(17-20)25(43)21-13-7-8-14-23(21)41-24/h1-17H. The zero-order chi connectivity index (χ0) is 33.1. The first-order valence-electron chi connectivity index (χ1n) is 12.4. The fourth-order valence-corrected chi connectivity index (χ4v) is 9.98. The van der Waals surface area contributed by atoms with Gasteiger partial charge in [0.1, 0.15) is 11.2 Å². The van der Waals surface area contributed by atoms with Gasteiger partial charge in [0.2, 0.25) is 0 Å². The van der Waals surface area contributed by atoms with Crippen LogP contribution in [0.5, 0.6) is 0 Å². The summed E-state index contributed by atoms with van der Waals surface area (Å²) in [5.74, 6) is -15.0.